The van der Waals surface area contributed by atoms with Crippen LogP contribution >= 0.6 is 0 Å². The number of benzene rings is 2. The lowest BCUT2D eigenvalue weighted by Crippen LogP contribution is -2.09. The second kappa shape index (κ2) is 13.8. The number of rotatable bonds is 14. The standard InChI is InChI=1S/C29H38O4/c1-7-22(4)18-23(5)27-19-26(13-15-29(27)33-20-32-17-16-31-6)28(30)14-10-24-8-11-25(12-9-24)21(2)3/h8-15,19,21-22H,5,7,16-18,20H2,1-4,6H3/b14-10+. The second-order valence-electron chi connectivity index (χ2n) is 8.71. The van der Waals surface area contributed by atoms with Crippen molar-refractivity contribution in [3.8, 4) is 5.75 Å². The van der Waals surface area contributed by atoms with Crippen molar-refractivity contribution in [1.29, 1.82) is 0 Å². The molecule has 0 aliphatic carbocycles. The minimum absolute atomic E-state index is 0.0524. The van der Waals surface area contributed by atoms with Gasteiger partial charge >= 0.3 is 0 Å². The van der Waals surface area contributed by atoms with Crippen LogP contribution in [0.5, 0.6) is 5.75 Å². The number of hydrogen-bond acceptors (Lipinski definition) is 4. The number of allylic oxidation sites excluding steroid dienone is 2. The summed E-state index contributed by atoms with van der Waals surface area (Å²) in [6.07, 6.45) is 5.38. The van der Waals surface area contributed by atoms with Crippen molar-refractivity contribution < 1.29 is 19.0 Å². The molecule has 2 aromatic rings. The number of ether oxygens (including phenoxy) is 3. The predicted octanol–water partition coefficient (Wildman–Crippen LogP) is 7.15. The van der Waals surface area contributed by atoms with E-state index in [0.29, 0.717) is 36.4 Å². The third kappa shape index (κ3) is 8.64. The molecule has 2 rings (SSSR count). The molecule has 0 fully saturated rings. The van der Waals surface area contributed by atoms with E-state index in [9.17, 15) is 4.79 Å². The van der Waals surface area contributed by atoms with Crippen molar-refractivity contribution in [3.63, 3.8) is 0 Å². The molecule has 4 heteroatoms. The summed E-state index contributed by atoms with van der Waals surface area (Å²) in [6, 6.07) is 13.8. The molecule has 178 valence electrons. The summed E-state index contributed by atoms with van der Waals surface area (Å²) in [6.45, 7) is 14.1. The zero-order valence-electron chi connectivity index (χ0n) is 20.7. The Kier molecular flexibility index (Phi) is 11.1. The maximum atomic E-state index is 12.9. The van der Waals surface area contributed by atoms with E-state index in [1.54, 1.807) is 19.3 Å². The van der Waals surface area contributed by atoms with E-state index in [1.807, 2.05) is 30.3 Å². The molecule has 0 saturated heterocycles. The quantitative estimate of drug-likeness (QED) is 0.133. The Balaban J connectivity index is 2.18. The van der Waals surface area contributed by atoms with Crippen LogP contribution in [0.4, 0.5) is 0 Å². The highest BCUT2D eigenvalue weighted by molar-refractivity contribution is 6.07. The Morgan fingerprint density at radius 1 is 1.06 bits per heavy atom. The van der Waals surface area contributed by atoms with Gasteiger partial charge in [0, 0.05) is 18.2 Å². The molecule has 0 heterocycles. The Morgan fingerprint density at radius 3 is 2.42 bits per heavy atom. The van der Waals surface area contributed by atoms with Crippen LogP contribution in [-0.2, 0) is 9.47 Å². The first kappa shape index (κ1) is 26.6. The van der Waals surface area contributed by atoms with Crippen LogP contribution < -0.4 is 4.74 Å². The van der Waals surface area contributed by atoms with Gasteiger partial charge in [0.25, 0.3) is 0 Å². The van der Waals surface area contributed by atoms with Gasteiger partial charge in [0.05, 0.1) is 13.2 Å². The molecule has 1 atom stereocenters. The third-order valence-electron chi connectivity index (χ3n) is 5.70. The number of carbonyl (C=O) groups excluding carboxylic acids is 1. The molecule has 0 N–H and O–H groups in total. The van der Waals surface area contributed by atoms with E-state index in [1.165, 1.54) is 5.56 Å². The monoisotopic (exact) mass is 450 g/mol. The SMILES string of the molecule is C=C(CC(C)CC)c1cc(C(=O)/C=C/c2ccc(C(C)C)cc2)ccc1OCOCCOC. The smallest absolute Gasteiger partial charge is 0.189 e. The maximum Gasteiger partial charge on any atom is 0.189 e. The van der Waals surface area contributed by atoms with Crippen LogP contribution in [0.2, 0.25) is 0 Å². The summed E-state index contributed by atoms with van der Waals surface area (Å²) in [4.78, 5) is 12.9. The van der Waals surface area contributed by atoms with Crippen LogP contribution in [0, 0.1) is 5.92 Å². The van der Waals surface area contributed by atoms with Crippen LogP contribution in [0.25, 0.3) is 11.6 Å². The van der Waals surface area contributed by atoms with Crippen molar-refractivity contribution in [2.75, 3.05) is 27.1 Å². The molecule has 0 bridgehead atoms. The maximum absolute atomic E-state index is 12.9. The van der Waals surface area contributed by atoms with Gasteiger partial charge in [-0.25, -0.2) is 0 Å². The Bertz CT molecular complexity index is 925. The van der Waals surface area contributed by atoms with Gasteiger partial charge in [-0.05, 0) is 59.2 Å². The van der Waals surface area contributed by atoms with Gasteiger partial charge in [-0.1, -0.05) is 71.0 Å². The molecule has 33 heavy (non-hydrogen) atoms. The first-order chi connectivity index (χ1) is 15.8. The fraction of sp³-hybridized carbons (Fsp3) is 0.414. The lowest BCUT2D eigenvalue weighted by atomic mass is 9.93. The largest absolute Gasteiger partial charge is 0.467 e. The van der Waals surface area contributed by atoms with Gasteiger partial charge in [0.15, 0.2) is 12.6 Å². The van der Waals surface area contributed by atoms with Gasteiger partial charge < -0.3 is 14.2 Å². The van der Waals surface area contributed by atoms with E-state index in [4.69, 9.17) is 14.2 Å². The van der Waals surface area contributed by atoms with Gasteiger partial charge in [0.2, 0.25) is 0 Å². The normalized spacial score (nSPS) is 12.3. The van der Waals surface area contributed by atoms with E-state index < -0.39 is 0 Å². The van der Waals surface area contributed by atoms with Crippen LogP contribution in [0.1, 0.15) is 73.5 Å². The van der Waals surface area contributed by atoms with Crippen LogP contribution in [0.3, 0.4) is 0 Å². The molecule has 0 amide bonds. The zero-order chi connectivity index (χ0) is 24.2. The molecule has 4 nitrogen and oxygen atoms in total. The average Bonchev–Trinajstić information content (AvgIpc) is 2.82. The minimum Gasteiger partial charge on any atom is -0.467 e. The minimum atomic E-state index is -0.0524. The molecule has 2 aromatic carbocycles. The topological polar surface area (TPSA) is 44.8 Å². The highest BCUT2D eigenvalue weighted by atomic mass is 16.7. The summed E-state index contributed by atoms with van der Waals surface area (Å²) in [5.41, 5.74) is 4.70. The highest BCUT2D eigenvalue weighted by Crippen LogP contribution is 2.31. The van der Waals surface area contributed by atoms with Crippen molar-refractivity contribution in [3.05, 3.63) is 77.4 Å². The van der Waals surface area contributed by atoms with Crippen LogP contribution in [0.15, 0.2) is 55.1 Å². The van der Waals surface area contributed by atoms with Crippen molar-refractivity contribution in [1.82, 2.24) is 0 Å². The summed E-state index contributed by atoms with van der Waals surface area (Å²) in [5, 5.41) is 0. The van der Waals surface area contributed by atoms with Gasteiger partial charge in [0.1, 0.15) is 5.75 Å². The van der Waals surface area contributed by atoms with Crippen molar-refractivity contribution in [2.45, 2.75) is 46.5 Å². The third-order valence-corrected chi connectivity index (χ3v) is 5.70. The number of methoxy groups -OCH3 is 1. The van der Waals surface area contributed by atoms with Gasteiger partial charge in [-0.2, -0.15) is 0 Å². The molecule has 0 radical (unpaired) electrons. The van der Waals surface area contributed by atoms with Crippen LogP contribution in [-0.4, -0.2) is 32.9 Å². The molecule has 0 aliphatic heterocycles. The Hall–Kier alpha value is -2.69. The molecular weight excluding hydrogens is 412 g/mol. The average molecular weight is 451 g/mol. The molecule has 0 aromatic heterocycles. The zero-order valence-corrected chi connectivity index (χ0v) is 20.7. The molecular formula is C29H38O4. The molecule has 0 aliphatic rings. The highest BCUT2D eigenvalue weighted by Gasteiger charge is 2.14. The number of carbonyl (C=O) groups is 1. The fourth-order valence-electron chi connectivity index (χ4n) is 3.33. The van der Waals surface area contributed by atoms with Gasteiger partial charge in [-0.15, -0.1) is 0 Å². The first-order valence-electron chi connectivity index (χ1n) is 11.7. The molecule has 0 spiro atoms. The molecule has 0 saturated carbocycles. The molecule has 1 unspecified atom stereocenters. The summed E-state index contributed by atoms with van der Waals surface area (Å²) < 4.78 is 16.3. The first-order valence-corrected chi connectivity index (χ1v) is 11.7. The Labute approximate surface area is 199 Å². The number of ketones is 1. The predicted molar refractivity (Wildman–Crippen MR) is 137 cm³/mol. The second-order valence-corrected chi connectivity index (χ2v) is 8.71. The van der Waals surface area contributed by atoms with E-state index >= 15 is 0 Å². The Morgan fingerprint density at radius 2 is 1.79 bits per heavy atom. The lowest BCUT2D eigenvalue weighted by Gasteiger charge is -2.17. The summed E-state index contributed by atoms with van der Waals surface area (Å²) >= 11 is 0. The van der Waals surface area contributed by atoms with Gasteiger partial charge in [-0.3, -0.25) is 4.79 Å². The lowest BCUT2D eigenvalue weighted by molar-refractivity contribution is -0.00859. The number of hydrogen-bond donors (Lipinski definition) is 0. The summed E-state index contributed by atoms with van der Waals surface area (Å²) in [5.74, 6) is 1.60. The fourth-order valence-corrected chi connectivity index (χ4v) is 3.33. The summed E-state index contributed by atoms with van der Waals surface area (Å²) in [7, 11) is 1.63. The van der Waals surface area contributed by atoms with Crippen molar-refractivity contribution in [2.24, 2.45) is 5.92 Å². The van der Waals surface area contributed by atoms with E-state index in [0.717, 1.165) is 29.5 Å². The van der Waals surface area contributed by atoms with E-state index in [2.05, 4.69) is 46.4 Å². The van der Waals surface area contributed by atoms with Crippen molar-refractivity contribution >= 4 is 17.4 Å². The van der Waals surface area contributed by atoms with E-state index in [-0.39, 0.29) is 12.6 Å².